The molecular weight excluding hydrogens is 388 g/mol. The van der Waals surface area contributed by atoms with E-state index in [2.05, 4.69) is 24.4 Å². The fourth-order valence-electron chi connectivity index (χ4n) is 3.81. The lowest BCUT2D eigenvalue weighted by atomic mass is 10.1. The van der Waals surface area contributed by atoms with E-state index in [0.717, 1.165) is 12.8 Å². The van der Waals surface area contributed by atoms with Crippen LogP contribution in [0.15, 0.2) is 12.2 Å². The molecule has 0 aromatic rings. The van der Waals surface area contributed by atoms with Crippen LogP contribution < -0.4 is 5.32 Å². The van der Waals surface area contributed by atoms with Crippen LogP contribution in [0.1, 0.15) is 110 Å². The van der Waals surface area contributed by atoms with Gasteiger partial charge < -0.3 is 14.9 Å². The highest BCUT2D eigenvalue weighted by Gasteiger charge is 2.30. The van der Waals surface area contributed by atoms with Crippen LogP contribution in [-0.4, -0.2) is 55.2 Å². The van der Waals surface area contributed by atoms with Crippen molar-refractivity contribution in [3.63, 3.8) is 0 Å². The van der Waals surface area contributed by atoms with E-state index in [1.807, 2.05) is 21.1 Å². The molecule has 1 amide bonds. The molecule has 0 aromatic heterocycles. The number of rotatable bonds is 21. The molecule has 0 rings (SSSR count). The monoisotopic (exact) mass is 439 g/mol. The van der Waals surface area contributed by atoms with Gasteiger partial charge in [0.1, 0.15) is 0 Å². The molecule has 1 atom stereocenters. The van der Waals surface area contributed by atoms with E-state index in [1.165, 1.54) is 70.6 Å². The fraction of sp³-hybridized carbons (Fsp3) is 0.846. The van der Waals surface area contributed by atoms with Gasteiger partial charge in [-0.05, 0) is 38.5 Å². The summed E-state index contributed by atoms with van der Waals surface area (Å²) in [5.74, 6) is -0.679. The first-order valence-corrected chi connectivity index (χ1v) is 12.7. The summed E-state index contributed by atoms with van der Waals surface area (Å²) in [6.45, 7) is 2.82. The second-order valence-corrected chi connectivity index (χ2v) is 9.80. The molecule has 0 aliphatic carbocycles. The maximum absolute atomic E-state index is 11.9. The molecule has 0 bridgehead atoms. The fourth-order valence-corrected chi connectivity index (χ4v) is 3.81. The largest absolute Gasteiger partial charge is 0.477 e. The summed E-state index contributed by atoms with van der Waals surface area (Å²) in [6, 6.07) is -0.428. The van der Waals surface area contributed by atoms with Crippen molar-refractivity contribution in [3.05, 3.63) is 12.2 Å². The number of nitrogens with zero attached hydrogens (tertiary/aromatic N) is 1. The van der Waals surface area contributed by atoms with Crippen molar-refractivity contribution < 1.29 is 19.2 Å². The number of carbonyl (C=O) groups excluding carboxylic acids is 1. The van der Waals surface area contributed by atoms with Crippen molar-refractivity contribution in [1.29, 1.82) is 0 Å². The minimum atomic E-state index is -0.771. The van der Waals surface area contributed by atoms with Gasteiger partial charge in [-0.25, -0.2) is 4.79 Å². The third-order valence-electron chi connectivity index (χ3n) is 5.86. The van der Waals surface area contributed by atoms with Gasteiger partial charge in [0.25, 0.3) is 0 Å². The molecule has 1 unspecified atom stereocenters. The summed E-state index contributed by atoms with van der Waals surface area (Å²) in [5, 5.41) is 12.2. The Morgan fingerprint density at radius 2 is 1.32 bits per heavy atom. The highest BCUT2D eigenvalue weighted by atomic mass is 16.4. The number of hydrogen-bond donors (Lipinski definition) is 2. The third kappa shape index (κ3) is 19.1. The normalized spacial score (nSPS) is 12.9. The SMILES string of the molecule is CCCCCCCC/C=C\CCCCCCCC(=O)NCCCC(C(=O)O)[N+](C)(C)C. The molecule has 0 radical (unpaired) electrons. The molecule has 31 heavy (non-hydrogen) atoms. The van der Waals surface area contributed by atoms with Gasteiger partial charge in [-0.1, -0.05) is 70.4 Å². The van der Waals surface area contributed by atoms with Gasteiger partial charge in [0, 0.05) is 19.4 Å². The second kappa shape index (κ2) is 19.3. The number of carboxylic acid groups (broad SMARTS) is 1. The number of unbranched alkanes of at least 4 members (excludes halogenated alkanes) is 11. The smallest absolute Gasteiger partial charge is 0.362 e. The minimum Gasteiger partial charge on any atom is -0.477 e. The van der Waals surface area contributed by atoms with Crippen LogP contribution in [0.25, 0.3) is 0 Å². The Hall–Kier alpha value is -1.36. The summed E-state index contributed by atoms with van der Waals surface area (Å²) < 4.78 is 0.401. The van der Waals surface area contributed by atoms with Gasteiger partial charge in [0.2, 0.25) is 5.91 Å². The molecule has 5 heteroatoms. The Balaban J connectivity index is 3.48. The Morgan fingerprint density at radius 3 is 1.84 bits per heavy atom. The van der Waals surface area contributed by atoms with E-state index in [0.29, 0.717) is 30.3 Å². The molecule has 0 aromatic carbocycles. The standard InChI is InChI=1S/C26H50N2O3/c1-5-6-7-8-9-10-11-12-13-14-15-16-17-18-19-22-25(29)27-23-20-21-24(26(30)31)28(2,3)4/h12-13,24H,5-11,14-23H2,1-4H3,(H-,27,29,30,31)/p+1/b13-12-. The van der Waals surface area contributed by atoms with E-state index in [-0.39, 0.29) is 5.91 Å². The Bertz CT molecular complexity index is 484. The summed E-state index contributed by atoms with van der Waals surface area (Å²) in [4.78, 5) is 23.2. The van der Waals surface area contributed by atoms with Crippen molar-refractivity contribution in [2.45, 2.75) is 116 Å². The number of hydrogen-bond acceptors (Lipinski definition) is 2. The number of allylic oxidation sites excluding steroid dienone is 2. The van der Waals surface area contributed by atoms with Gasteiger partial charge >= 0.3 is 5.97 Å². The topological polar surface area (TPSA) is 66.4 Å². The number of amides is 1. The van der Waals surface area contributed by atoms with Crippen molar-refractivity contribution in [1.82, 2.24) is 5.32 Å². The van der Waals surface area contributed by atoms with Gasteiger partial charge in [-0.2, -0.15) is 0 Å². The molecule has 0 spiro atoms. The molecule has 182 valence electrons. The zero-order chi connectivity index (χ0) is 23.4. The first kappa shape index (κ1) is 29.6. The predicted molar refractivity (Wildman–Crippen MR) is 131 cm³/mol. The number of aliphatic carboxylic acids is 1. The number of quaternary nitrogens is 1. The molecule has 5 nitrogen and oxygen atoms in total. The van der Waals surface area contributed by atoms with E-state index in [4.69, 9.17) is 0 Å². The van der Waals surface area contributed by atoms with Gasteiger partial charge in [0.05, 0.1) is 21.1 Å². The first-order chi connectivity index (χ1) is 14.8. The van der Waals surface area contributed by atoms with E-state index in [9.17, 15) is 14.7 Å². The number of carboxylic acids is 1. The lowest BCUT2D eigenvalue weighted by molar-refractivity contribution is -0.887. The van der Waals surface area contributed by atoms with Gasteiger partial charge in [-0.3, -0.25) is 4.79 Å². The molecule has 0 heterocycles. The number of carbonyl (C=O) groups is 2. The quantitative estimate of drug-likeness (QED) is 0.129. The van der Waals surface area contributed by atoms with Gasteiger partial charge in [-0.15, -0.1) is 0 Å². The third-order valence-corrected chi connectivity index (χ3v) is 5.86. The maximum atomic E-state index is 11.9. The lowest BCUT2D eigenvalue weighted by Gasteiger charge is -2.31. The number of likely N-dealkylation sites (N-methyl/N-ethyl adjacent to an activating group) is 1. The van der Waals surface area contributed by atoms with Crippen molar-refractivity contribution in [2.24, 2.45) is 0 Å². The maximum Gasteiger partial charge on any atom is 0.362 e. The highest BCUT2D eigenvalue weighted by Crippen LogP contribution is 2.11. The molecular formula is C26H51N2O3+. The molecule has 0 aliphatic rings. The van der Waals surface area contributed by atoms with Crippen LogP contribution in [0, 0.1) is 0 Å². The second-order valence-electron chi connectivity index (χ2n) is 9.80. The van der Waals surface area contributed by atoms with Crippen LogP contribution in [-0.2, 0) is 9.59 Å². The molecule has 0 saturated carbocycles. The average Bonchev–Trinajstić information content (AvgIpc) is 2.69. The Labute approximate surface area is 192 Å². The molecule has 0 fully saturated rings. The van der Waals surface area contributed by atoms with Crippen molar-refractivity contribution in [3.8, 4) is 0 Å². The van der Waals surface area contributed by atoms with Gasteiger partial charge in [0.15, 0.2) is 6.04 Å². The van der Waals surface area contributed by atoms with E-state index < -0.39 is 12.0 Å². The van der Waals surface area contributed by atoms with Crippen LogP contribution in [0.3, 0.4) is 0 Å². The predicted octanol–water partition coefficient (Wildman–Crippen LogP) is 6.08. The summed E-state index contributed by atoms with van der Waals surface area (Å²) in [7, 11) is 5.68. The highest BCUT2D eigenvalue weighted by molar-refractivity contribution is 5.75. The Morgan fingerprint density at radius 1 is 0.806 bits per heavy atom. The van der Waals surface area contributed by atoms with Crippen molar-refractivity contribution >= 4 is 11.9 Å². The zero-order valence-electron chi connectivity index (χ0n) is 21.0. The van der Waals surface area contributed by atoms with Crippen LogP contribution in [0.4, 0.5) is 0 Å². The molecule has 0 aliphatic heterocycles. The van der Waals surface area contributed by atoms with Crippen LogP contribution >= 0.6 is 0 Å². The van der Waals surface area contributed by atoms with Crippen LogP contribution in [0.2, 0.25) is 0 Å². The number of nitrogens with one attached hydrogen (secondary N) is 1. The summed E-state index contributed by atoms with van der Waals surface area (Å²) in [6.07, 6.45) is 22.9. The summed E-state index contributed by atoms with van der Waals surface area (Å²) >= 11 is 0. The zero-order valence-corrected chi connectivity index (χ0v) is 21.0. The Kier molecular flexibility index (Phi) is 18.5. The lowest BCUT2D eigenvalue weighted by Crippen LogP contribution is -2.50. The average molecular weight is 440 g/mol. The molecule has 0 saturated heterocycles. The van der Waals surface area contributed by atoms with E-state index in [1.54, 1.807) is 0 Å². The summed E-state index contributed by atoms with van der Waals surface area (Å²) in [5.41, 5.74) is 0. The minimum absolute atomic E-state index is 0.0924. The van der Waals surface area contributed by atoms with Crippen molar-refractivity contribution in [2.75, 3.05) is 27.7 Å². The van der Waals surface area contributed by atoms with E-state index >= 15 is 0 Å². The van der Waals surface area contributed by atoms with Crippen LogP contribution in [0.5, 0.6) is 0 Å². The molecule has 2 N–H and O–H groups in total. The first-order valence-electron chi connectivity index (χ1n) is 12.7.